The van der Waals surface area contributed by atoms with Gasteiger partial charge in [0.15, 0.2) is 6.61 Å². The van der Waals surface area contributed by atoms with Crippen LogP contribution >= 0.6 is 0 Å². The highest BCUT2D eigenvalue weighted by molar-refractivity contribution is 5.70. The zero-order chi connectivity index (χ0) is 19.7. The fraction of sp³-hybridized carbons (Fsp3) is 0.478. The van der Waals surface area contributed by atoms with Gasteiger partial charge < -0.3 is 4.74 Å². The summed E-state index contributed by atoms with van der Waals surface area (Å²) in [5.41, 5.74) is 4.84. The maximum Gasteiger partial charge on any atom is 0.422 e. The largest absolute Gasteiger partial charge is 0.484 e. The molecule has 0 radical (unpaired) electrons. The van der Waals surface area contributed by atoms with E-state index in [-0.39, 0.29) is 11.2 Å². The van der Waals surface area contributed by atoms with Crippen LogP contribution in [0, 0.1) is 5.41 Å². The van der Waals surface area contributed by atoms with Gasteiger partial charge in [0.2, 0.25) is 0 Å². The van der Waals surface area contributed by atoms with Crippen LogP contribution < -0.4 is 4.74 Å². The average molecular weight is 376 g/mol. The van der Waals surface area contributed by atoms with Crippen molar-refractivity contribution in [3.63, 3.8) is 0 Å². The summed E-state index contributed by atoms with van der Waals surface area (Å²) >= 11 is 0. The zero-order valence-electron chi connectivity index (χ0n) is 16.2. The van der Waals surface area contributed by atoms with Gasteiger partial charge in [0.1, 0.15) is 5.75 Å². The van der Waals surface area contributed by atoms with E-state index in [1.807, 2.05) is 6.07 Å². The van der Waals surface area contributed by atoms with Crippen LogP contribution in [-0.4, -0.2) is 12.8 Å². The van der Waals surface area contributed by atoms with E-state index in [1.165, 1.54) is 24.0 Å². The average Bonchev–Trinajstić information content (AvgIpc) is 2.98. The third-order valence-electron chi connectivity index (χ3n) is 5.70. The Hall–Kier alpha value is -1.97. The zero-order valence-corrected chi connectivity index (χ0v) is 16.2. The highest BCUT2D eigenvalue weighted by Crippen LogP contribution is 2.51. The van der Waals surface area contributed by atoms with Crippen molar-refractivity contribution in [2.75, 3.05) is 6.61 Å². The van der Waals surface area contributed by atoms with Gasteiger partial charge >= 0.3 is 6.18 Å². The predicted molar refractivity (Wildman–Crippen MR) is 103 cm³/mol. The Morgan fingerprint density at radius 1 is 1.11 bits per heavy atom. The Labute approximate surface area is 159 Å². The predicted octanol–water partition coefficient (Wildman–Crippen LogP) is 7.15. The third kappa shape index (κ3) is 4.66. The first kappa shape index (κ1) is 19.8. The molecule has 0 aliphatic heterocycles. The van der Waals surface area contributed by atoms with Gasteiger partial charge in [-0.25, -0.2) is 0 Å². The molecule has 146 valence electrons. The van der Waals surface area contributed by atoms with Crippen molar-refractivity contribution >= 4 is 0 Å². The number of ether oxygens (including phenoxy) is 1. The molecule has 2 aromatic carbocycles. The smallest absolute Gasteiger partial charge is 0.422 e. The highest BCUT2D eigenvalue weighted by Gasteiger charge is 2.36. The molecular formula is C23H27F3O. The van der Waals surface area contributed by atoms with Crippen LogP contribution in [0.3, 0.4) is 0 Å². The second-order valence-electron chi connectivity index (χ2n) is 8.14. The molecule has 1 aliphatic rings. The summed E-state index contributed by atoms with van der Waals surface area (Å²) in [6.07, 6.45) is 0.189. The fourth-order valence-electron chi connectivity index (χ4n) is 4.21. The second kappa shape index (κ2) is 7.57. The van der Waals surface area contributed by atoms with E-state index < -0.39 is 12.8 Å². The Morgan fingerprint density at radius 3 is 2.52 bits per heavy atom. The number of hydrogen-bond acceptors (Lipinski definition) is 1. The minimum absolute atomic E-state index is 0.228. The monoisotopic (exact) mass is 376 g/mol. The van der Waals surface area contributed by atoms with E-state index in [0.29, 0.717) is 5.92 Å². The quantitative estimate of drug-likeness (QED) is 0.538. The Morgan fingerprint density at radius 2 is 1.89 bits per heavy atom. The molecule has 0 N–H and O–H groups in total. The maximum atomic E-state index is 12.5. The molecule has 27 heavy (non-hydrogen) atoms. The first-order chi connectivity index (χ1) is 12.7. The van der Waals surface area contributed by atoms with E-state index in [9.17, 15) is 13.2 Å². The van der Waals surface area contributed by atoms with Gasteiger partial charge in [-0.2, -0.15) is 13.2 Å². The lowest BCUT2D eigenvalue weighted by atomic mass is 9.75. The summed E-state index contributed by atoms with van der Waals surface area (Å²) in [4.78, 5) is 0. The van der Waals surface area contributed by atoms with Crippen LogP contribution in [0.1, 0.15) is 57.1 Å². The summed E-state index contributed by atoms with van der Waals surface area (Å²) in [5.74, 6) is 0.708. The molecule has 3 rings (SSSR count). The molecule has 1 fully saturated rings. The molecule has 0 saturated heterocycles. The maximum absolute atomic E-state index is 12.5. The molecule has 1 saturated carbocycles. The van der Waals surface area contributed by atoms with Crippen LogP contribution in [0.15, 0.2) is 42.5 Å². The van der Waals surface area contributed by atoms with Crippen LogP contribution in [0.2, 0.25) is 0 Å². The molecule has 0 spiro atoms. The first-order valence-electron chi connectivity index (χ1n) is 9.62. The van der Waals surface area contributed by atoms with E-state index in [0.717, 1.165) is 24.0 Å². The summed E-state index contributed by atoms with van der Waals surface area (Å²) in [7, 11) is 0. The summed E-state index contributed by atoms with van der Waals surface area (Å²) < 4.78 is 42.4. The topological polar surface area (TPSA) is 9.23 Å². The molecule has 0 bridgehead atoms. The lowest BCUT2D eigenvalue weighted by Crippen LogP contribution is -2.19. The summed E-state index contributed by atoms with van der Waals surface area (Å²) in [6, 6.07) is 13.5. The number of rotatable bonds is 5. The minimum atomic E-state index is -4.34. The van der Waals surface area contributed by atoms with Gasteiger partial charge in [-0.05, 0) is 65.0 Å². The van der Waals surface area contributed by atoms with Crippen molar-refractivity contribution in [2.45, 2.75) is 58.5 Å². The highest BCUT2D eigenvalue weighted by atomic mass is 19.4. The minimum Gasteiger partial charge on any atom is -0.484 e. The van der Waals surface area contributed by atoms with Gasteiger partial charge in [-0.3, -0.25) is 0 Å². The normalized spacial score (nSPS) is 19.3. The van der Waals surface area contributed by atoms with Crippen molar-refractivity contribution in [1.29, 1.82) is 0 Å². The second-order valence-corrected chi connectivity index (χ2v) is 8.14. The van der Waals surface area contributed by atoms with Gasteiger partial charge in [-0.15, -0.1) is 0 Å². The summed E-state index contributed by atoms with van der Waals surface area (Å²) in [6.45, 7) is 5.50. The molecule has 1 aliphatic carbocycles. The van der Waals surface area contributed by atoms with E-state index >= 15 is 0 Å². The van der Waals surface area contributed by atoms with Gasteiger partial charge in [0.25, 0.3) is 0 Å². The SMILES string of the molecule is CCc1ccc(-c2cccc(OCC(F)(F)F)c2)c([C@@H]2CCCC2(C)C)c1. The summed E-state index contributed by atoms with van der Waals surface area (Å²) in [5, 5.41) is 0. The van der Waals surface area contributed by atoms with Gasteiger partial charge in [-0.1, -0.05) is 57.5 Å². The van der Waals surface area contributed by atoms with Crippen molar-refractivity contribution in [3.8, 4) is 16.9 Å². The molecule has 0 unspecified atom stereocenters. The molecule has 4 heteroatoms. The Kier molecular flexibility index (Phi) is 5.55. The molecule has 0 heterocycles. The Balaban J connectivity index is 1.99. The van der Waals surface area contributed by atoms with E-state index in [2.05, 4.69) is 39.0 Å². The third-order valence-corrected chi connectivity index (χ3v) is 5.70. The van der Waals surface area contributed by atoms with Crippen LogP contribution in [0.5, 0.6) is 5.75 Å². The number of hydrogen-bond donors (Lipinski definition) is 0. The standard InChI is InChI=1S/C23H27F3O/c1-4-16-10-11-19(20(13-16)21-9-6-12-22(21,2)3)17-7-5-8-18(14-17)27-15-23(24,25)26/h5,7-8,10-11,13-14,21H,4,6,9,12,15H2,1-3H3/t21-/m0/s1. The van der Waals surface area contributed by atoms with Gasteiger partial charge in [0, 0.05) is 0 Å². The van der Waals surface area contributed by atoms with Crippen molar-refractivity contribution in [1.82, 2.24) is 0 Å². The molecular weight excluding hydrogens is 349 g/mol. The molecule has 1 nitrogen and oxygen atoms in total. The molecule has 2 aromatic rings. The van der Waals surface area contributed by atoms with Crippen LogP contribution in [0.25, 0.3) is 11.1 Å². The number of benzene rings is 2. The van der Waals surface area contributed by atoms with Crippen LogP contribution in [0.4, 0.5) is 13.2 Å². The van der Waals surface area contributed by atoms with Crippen molar-refractivity contribution in [3.05, 3.63) is 53.6 Å². The molecule has 0 amide bonds. The Bertz CT molecular complexity index is 792. The fourth-order valence-corrected chi connectivity index (χ4v) is 4.21. The molecule has 1 atom stereocenters. The van der Waals surface area contributed by atoms with E-state index in [4.69, 9.17) is 4.74 Å². The van der Waals surface area contributed by atoms with E-state index in [1.54, 1.807) is 18.2 Å². The lowest BCUT2D eigenvalue weighted by Gasteiger charge is -2.30. The molecule has 0 aromatic heterocycles. The number of halogens is 3. The van der Waals surface area contributed by atoms with Crippen LogP contribution in [-0.2, 0) is 6.42 Å². The number of alkyl halides is 3. The van der Waals surface area contributed by atoms with Crippen molar-refractivity contribution in [2.24, 2.45) is 5.41 Å². The lowest BCUT2D eigenvalue weighted by molar-refractivity contribution is -0.153. The van der Waals surface area contributed by atoms with Crippen molar-refractivity contribution < 1.29 is 17.9 Å². The first-order valence-corrected chi connectivity index (χ1v) is 9.62. The number of aryl methyl sites for hydroxylation is 1. The van der Waals surface area contributed by atoms with Gasteiger partial charge in [0.05, 0.1) is 0 Å².